The molecule has 7 heteroatoms. The first kappa shape index (κ1) is 22.6. The van der Waals surface area contributed by atoms with Crippen molar-refractivity contribution < 1.29 is 14.7 Å². The number of rotatable bonds is 8. The summed E-state index contributed by atoms with van der Waals surface area (Å²) >= 11 is 1.59. The lowest BCUT2D eigenvalue weighted by Gasteiger charge is -2.13. The smallest absolute Gasteiger partial charge is 0.320 e. The maximum atomic E-state index is 11.9. The molecule has 0 fully saturated rings. The average Bonchev–Trinajstić information content (AvgIpc) is 2.39. The minimum Gasteiger partial charge on any atom is -0.480 e. The summed E-state index contributed by atoms with van der Waals surface area (Å²) in [7, 11) is 0. The summed E-state index contributed by atoms with van der Waals surface area (Å²) in [6.07, 6.45) is 2.44. The van der Waals surface area contributed by atoms with Crippen LogP contribution in [-0.2, 0) is 4.79 Å². The fourth-order valence-corrected chi connectivity index (χ4v) is 2.08. The Morgan fingerprint density at radius 1 is 1.29 bits per heavy atom. The minimum atomic E-state index is -0.911. The van der Waals surface area contributed by atoms with E-state index in [1.807, 2.05) is 25.3 Å². The Morgan fingerprint density at radius 3 is 2.33 bits per heavy atom. The molecule has 2 N–H and O–H groups in total. The van der Waals surface area contributed by atoms with Gasteiger partial charge in [-0.3, -0.25) is 14.9 Å². The van der Waals surface area contributed by atoms with Crippen LogP contribution in [0.3, 0.4) is 0 Å². The van der Waals surface area contributed by atoms with Crippen molar-refractivity contribution in [2.24, 2.45) is 0 Å². The van der Waals surface area contributed by atoms with Crippen molar-refractivity contribution in [2.45, 2.75) is 19.4 Å². The zero-order valence-electron chi connectivity index (χ0n) is 12.1. The van der Waals surface area contributed by atoms with Crippen molar-refractivity contribution in [3.8, 4) is 0 Å². The molecule has 1 aromatic rings. The van der Waals surface area contributed by atoms with Crippen LogP contribution in [0.4, 0.5) is 0 Å². The molecule has 0 saturated carbocycles. The van der Waals surface area contributed by atoms with Gasteiger partial charge in [-0.05, 0) is 25.4 Å². The fraction of sp³-hybridized carbons (Fsp3) is 0.429. The van der Waals surface area contributed by atoms with Gasteiger partial charge in [-0.2, -0.15) is 25.3 Å². The van der Waals surface area contributed by atoms with Crippen LogP contribution in [0.5, 0.6) is 0 Å². The highest BCUT2D eigenvalue weighted by Gasteiger charge is 2.17. The van der Waals surface area contributed by atoms with E-state index in [1.54, 1.807) is 23.9 Å². The van der Waals surface area contributed by atoms with Gasteiger partial charge in [0.25, 0.3) is 0 Å². The molecule has 0 heterocycles. The number of Topliss-reactive ketones (excluding diaryl/α,β-unsaturated/α-hetero) is 1. The lowest BCUT2D eigenvalue weighted by atomic mass is 10.1. The molecule has 0 aliphatic heterocycles. The molecule has 120 valence electrons. The summed E-state index contributed by atoms with van der Waals surface area (Å²) in [6, 6.07) is 6.60. The molecule has 0 saturated heterocycles. The highest BCUT2D eigenvalue weighted by Crippen LogP contribution is 2.05. The minimum absolute atomic E-state index is 0. The molecular formula is C14H22ClNO3S2. The Balaban J connectivity index is 0. The van der Waals surface area contributed by atoms with Crippen molar-refractivity contribution in [1.82, 2.24) is 5.32 Å². The normalized spacial score (nSPS) is 11.0. The van der Waals surface area contributed by atoms with Gasteiger partial charge in [-0.15, -0.1) is 12.4 Å². The second kappa shape index (κ2) is 11.9. The van der Waals surface area contributed by atoms with Gasteiger partial charge in [-0.25, -0.2) is 0 Å². The van der Waals surface area contributed by atoms with Gasteiger partial charge in [0.05, 0.1) is 6.54 Å². The SMILES string of the molecule is CSCC[C@H](NCC(=O)c1ccc(C)cc1)C(=O)O.Cl.S. The zero-order chi connectivity index (χ0) is 14.3. The van der Waals surface area contributed by atoms with Crippen LogP contribution in [0, 0.1) is 6.92 Å². The third-order valence-electron chi connectivity index (χ3n) is 2.79. The van der Waals surface area contributed by atoms with E-state index < -0.39 is 12.0 Å². The maximum Gasteiger partial charge on any atom is 0.320 e. The van der Waals surface area contributed by atoms with Crippen LogP contribution < -0.4 is 5.32 Å². The Morgan fingerprint density at radius 2 is 1.86 bits per heavy atom. The molecule has 0 unspecified atom stereocenters. The summed E-state index contributed by atoms with van der Waals surface area (Å²) < 4.78 is 0. The molecule has 1 atom stereocenters. The maximum absolute atomic E-state index is 11.9. The molecule has 0 aliphatic rings. The standard InChI is InChI=1S/C14H19NO3S.ClH.H2S/c1-10-3-5-11(6-4-10)13(16)9-15-12(14(17)18)7-8-19-2;;/h3-6,12,15H,7-9H2,1-2H3,(H,17,18);1H;1H2/t12-;;/m0../s1. The van der Waals surface area contributed by atoms with Crippen LogP contribution in [0.25, 0.3) is 0 Å². The molecule has 0 amide bonds. The molecule has 4 nitrogen and oxygen atoms in total. The monoisotopic (exact) mass is 351 g/mol. The zero-order valence-corrected chi connectivity index (χ0v) is 14.7. The molecule has 0 bridgehead atoms. The van der Waals surface area contributed by atoms with Gasteiger partial charge in [0.2, 0.25) is 0 Å². The summed E-state index contributed by atoms with van der Waals surface area (Å²) in [6.45, 7) is 2.00. The summed E-state index contributed by atoms with van der Waals surface area (Å²) in [5.41, 5.74) is 1.69. The van der Waals surface area contributed by atoms with E-state index in [-0.39, 0.29) is 38.2 Å². The van der Waals surface area contributed by atoms with Crippen LogP contribution in [0.1, 0.15) is 22.3 Å². The third kappa shape index (κ3) is 8.36. The number of thioether (sulfide) groups is 1. The number of ketones is 1. The Hall–Kier alpha value is -0.690. The number of nitrogens with one attached hydrogen (secondary N) is 1. The lowest BCUT2D eigenvalue weighted by molar-refractivity contribution is -0.139. The first-order chi connectivity index (χ1) is 9.04. The van der Waals surface area contributed by atoms with Crippen LogP contribution >= 0.6 is 37.7 Å². The number of halogens is 1. The molecule has 1 aromatic carbocycles. The Labute approximate surface area is 142 Å². The molecule has 1 rings (SSSR count). The molecule has 0 aromatic heterocycles. The van der Waals surface area contributed by atoms with E-state index in [0.29, 0.717) is 12.0 Å². The number of hydrogen-bond donors (Lipinski definition) is 2. The first-order valence-corrected chi connectivity index (χ1v) is 7.49. The largest absolute Gasteiger partial charge is 0.480 e. The second-order valence-electron chi connectivity index (χ2n) is 4.34. The van der Waals surface area contributed by atoms with Crippen molar-refractivity contribution in [3.63, 3.8) is 0 Å². The fourth-order valence-electron chi connectivity index (χ4n) is 1.61. The molecule has 0 radical (unpaired) electrons. The lowest BCUT2D eigenvalue weighted by Crippen LogP contribution is -2.40. The van der Waals surface area contributed by atoms with Gasteiger partial charge >= 0.3 is 5.97 Å². The van der Waals surface area contributed by atoms with Gasteiger partial charge in [0.15, 0.2) is 5.78 Å². The first-order valence-electron chi connectivity index (χ1n) is 6.09. The van der Waals surface area contributed by atoms with Gasteiger partial charge < -0.3 is 5.11 Å². The summed E-state index contributed by atoms with van der Waals surface area (Å²) in [5.74, 6) is -0.246. The van der Waals surface area contributed by atoms with E-state index >= 15 is 0 Å². The van der Waals surface area contributed by atoms with E-state index in [9.17, 15) is 9.59 Å². The van der Waals surface area contributed by atoms with Crippen molar-refractivity contribution in [1.29, 1.82) is 0 Å². The summed E-state index contributed by atoms with van der Waals surface area (Å²) in [5, 5.41) is 11.8. The number of aryl methyl sites for hydroxylation is 1. The highest BCUT2D eigenvalue weighted by molar-refractivity contribution is 7.98. The number of carbonyl (C=O) groups is 2. The number of aliphatic carboxylic acids is 1. The molecular weight excluding hydrogens is 330 g/mol. The number of carboxylic acids is 1. The van der Waals surface area contributed by atoms with Crippen molar-refractivity contribution in [2.75, 3.05) is 18.6 Å². The predicted octanol–water partition coefficient (Wildman–Crippen LogP) is 2.51. The van der Waals surface area contributed by atoms with Crippen molar-refractivity contribution >= 4 is 49.4 Å². The van der Waals surface area contributed by atoms with Crippen molar-refractivity contribution in [3.05, 3.63) is 35.4 Å². The third-order valence-corrected chi connectivity index (χ3v) is 3.44. The van der Waals surface area contributed by atoms with Gasteiger partial charge in [0.1, 0.15) is 6.04 Å². The topological polar surface area (TPSA) is 66.4 Å². The van der Waals surface area contributed by atoms with Crippen LogP contribution in [0.2, 0.25) is 0 Å². The Bertz CT molecular complexity index is 440. The van der Waals surface area contributed by atoms with E-state index in [4.69, 9.17) is 5.11 Å². The van der Waals surface area contributed by atoms with E-state index in [0.717, 1.165) is 11.3 Å². The quantitative estimate of drug-likeness (QED) is 0.704. The predicted molar refractivity (Wildman–Crippen MR) is 95.6 cm³/mol. The van der Waals surface area contributed by atoms with E-state index in [2.05, 4.69) is 5.32 Å². The van der Waals surface area contributed by atoms with Gasteiger partial charge in [-0.1, -0.05) is 29.8 Å². The van der Waals surface area contributed by atoms with Gasteiger partial charge in [0, 0.05) is 5.56 Å². The number of carbonyl (C=O) groups excluding carboxylic acids is 1. The number of carboxylic acid groups (broad SMARTS) is 1. The highest BCUT2D eigenvalue weighted by atomic mass is 35.5. The second-order valence-corrected chi connectivity index (χ2v) is 5.33. The number of hydrogen-bond acceptors (Lipinski definition) is 4. The average molecular weight is 352 g/mol. The Kier molecular flexibility index (Phi) is 12.8. The van der Waals surface area contributed by atoms with E-state index in [1.165, 1.54) is 0 Å². The molecule has 0 spiro atoms. The summed E-state index contributed by atoms with van der Waals surface area (Å²) in [4.78, 5) is 22.9. The number of benzene rings is 1. The van der Waals surface area contributed by atoms with Crippen LogP contribution in [-0.4, -0.2) is 41.5 Å². The molecule has 21 heavy (non-hydrogen) atoms. The van der Waals surface area contributed by atoms with Crippen LogP contribution in [0.15, 0.2) is 24.3 Å². The molecule has 0 aliphatic carbocycles.